The summed E-state index contributed by atoms with van der Waals surface area (Å²) in [7, 11) is 0. The molecule has 10 heteroatoms. The molecule has 0 radical (unpaired) electrons. The molecule has 3 atom stereocenters. The first kappa shape index (κ1) is 21.5. The predicted molar refractivity (Wildman–Crippen MR) is 98.0 cm³/mol. The SMILES string of the molecule is C[C@@]1(c2cc(NC(=O)C(CC3CCCO3)C(F)(F)F)ccc2F)COCC(N)=N1. The van der Waals surface area contributed by atoms with Crippen LogP contribution in [0.25, 0.3) is 0 Å². The number of halogens is 4. The van der Waals surface area contributed by atoms with Gasteiger partial charge < -0.3 is 20.5 Å². The van der Waals surface area contributed by atoms with Gasteiger partial charge in [0.25, 0.3) is 0 Å². The maximum atomic E-state index is 14.4. The van der Waals surface area contributed by atoms with E-state index in [4.69, 9.17) is 15.2 Å². The van der Waals surface area contributed by atoms with Crippen molar-refractivity contribution in [2.45, 2.75) is 44.0 Å². The lowest BCUT2D eigenvalue weighted by Gasteiger charge is -2.30. The van der Waals surface area contributed by atoms with Crippen LogP contribution in [0.4, 0.5) is 23.2 Å². The van der Waals surface area contributed by atoms with Gasteiger partial charge in [-0.3, -0.25) is 9.79 Å². The quantitative estimate of drug-likeness (QED) is 0.721. The molecule has 0 aliphatic carbocycles. The highest BCUT2D eigenvalue weighted by atomic mass is 19.4. The van der Waals surface area contributed by atoms with Crippen LogP contribution in [0.3, 0.4) is 0 Å². The van der Waals surface area contributed by atoms with Crippen LogP contribution in [-0.4, -0.2) is 43.8 Å². The Balaban J connectivity index is 1.81. The highest BCUT2D eigenvalue weighted by Crippen LogP contribution is 2.35. The molecule has 1 aromatic rings. The van der Waals surface area contributed by atoms with Gasteiger partial charge in [-0.05, 0) is 44.4 Å². The fraction of sp³-hybridized carbons (Fsp3) is 0.579. The average Bonchev–Trinajstić information content (AvgIpc) is 3.13. The summed E-state index contributed by atoms with van der Waals surface area (Å²) in [4.78, 5) is 16.6. The van der Waals surface area contributed by atoms with E-state index in [0.717, 1.165) is 6.07 Å². The van der Waals surface area contributed by atoms with Crippen LogP contribution in [0.1, 0.15) is 31.7 Å². The molecule has 160 valence electrons. The van der Waals surface area contributed by atoms with Crippen LogP contribution < -0.4 is 11.1 Å². The molecular formula is C19H23F4N3O3. The molecule has 2 unspecified atom stereocenters. The Labute approximate surface area is 165 Å². The summed E-state index contributed by atoms with van der Waals surface area (Å²) in [5.74, 6) is -3.87. The first-order chi connectivity index (χ1) is 13.6. The molecule has 2 aliphatic heterocycles. The third-order valence-corrected chi connectivity index (χ3v) is 5.07. The monoisotopic (exact) mass is 417 g/mol. The zero-order valence-corrected chi connectivity index (χ0v) is 15.9. The minimum absolute atomic E-state index is 0.0357. The number of hydrogen-bond donors (Lipinski definition) is 2. The Kier molecular flexibility index (Phi) is 6.13. The number of nitrogens with two attached hydrogens (primary N) is 1. The first-order valence-electron chi connectivity index (χ1n) is 9.29. The summed E-state index contributed by atoms with van der Waals surface area (Å²) in [5, 5.41) is 2.26. The predicted octanol–water partition coefficient (Wildman–Crippen LogP) is 3.11. The molecular weight excluding hydrogens is 394 g/mol. The molecule has 3 N–H and O–H groups in total. The van der Waals surface area contributed by atoms with Gasteiger partial charge in [0.2, 0.25) is 5.91 Å². The lowest BCUT2D eigenvalue weighted by molar-refractivity contribution is -0.185. The number of carbonyl (C=O) groups excluding carboxylic acids is 1. The summed E-state index contributed by atoms with van der Waals surface area (Å²) in [6, 6.07) is 3.54. The summed E-state index contributed by atoms with van der Waals surface area (Å²) in [6.45, 7) is 2.15. The number of amidine groups is 1. The van der Waals surface area contributed by atoms with Crippen LogP contribution in [0.2, 0.25) is 0 Å². The van der Waals surface area contributed by atoms with E-state index in [1.807, 2.05) is 0 Å². The van der Waals surface area contributed by atoms with Crippen LogP contribution in [0, 0.1) is 11.7 Å². The third kappa shape index (κ3) is 5.05. The van der Waals surface area contributed by atoms with E-state index in [2.05, 4.69) is 10.3 Å². The molecule has 0 bridgehead atoms. The average molecular weight is 417 g/mol. The molecule has 1 amide bonds. The largest absolute Gasteiger partial charge is 0.400 e. The number of anilines is 1. The van der Waals surface area contributed by atoms with Gasteiger partial charge in [-0.15, -0.1) is 0 Å². The van der Waals surface area contributed by atoms with Gasteiger partial charge in [-0.25, -0.2) is 4.39 Å². The van der Waals surface area contributed by atoms with Crippen LogP contribution in [-0.2, 0) is 19.8 Å². The van der Waals surface area contributed by atoms with E-state index in [1.54, 1.807) is 6.92 Å². The standard InChI is InChI=1S/C19H23F4N3O3/c1-18(10-28-9-16(24)26-18)13-7-11(4-5-15(13)20)25-17(27)14(19(21,22)23)8-12-3-2-6-29-12/h4-5,7,12,14H,2-3,6,8-10H2,1H3,(H2,24,26)(H,25,27)/t12?,14?,18-/m0/s1. The minimum Gasteiger partial charge on any atom is -0.386 e. The number of ether oxygens (including phenoxy) is 2. The highest BCUT2D eigenvalue weighted by Gasteiger charge is 2.46. The van der Waals surface area contributed by atoms with Crippen molar-refractivity contribution in [1.29, 1.82) is 0 Å². The number of hydrogen-bond acceptors (Lipinski definition) is 5. The molecule has 6 nitrogen and oxygen atoms in total. The maximum absolute atomic E-state index is 14.4. The van der Waals surface area contributed by atoms with Gasteiger partial charge in [0.05, 0.1) is 12.7 Å². The normalized spacial score (nSPS) is 26.1. The number of rotatable bonds is 5. The molecule has 1 aromatic carbocycles. The Morgan fingerprint density at radius 3 is 2.83 bits per heavy atom. The van der Waals surface area contributed by atoms with Crippen molar-refractivity contribution in [3.05, 3.63) is 29.6 Å². The van der Waals surface area contributed by atoms with Crippen molar-refractivity contribution in [3.63, 3.8) is 0 Å². The zero-order valence-electron chi connectivity index (χ0n) is 15.9. The molecule has 1 saturated heterocycles. The van der Waals surface area contributed by atoms with Crippen molar-refractivity contribution in [2.75, 3.05) is 25.1 Å². The molecule has 2 heterocycles. The number of amides is 1. The lowest BCUT2D eigenvalue weighted by atomic mass is 9.91. The number of alkyl halides is 3. The second kappa shape index (κ2) is 8.27. The van der Waals surface area contributed by atoms with Crippen LogP contribution in [0.15, 0.2) is 23.2 Å². The van der Waals surface area contributed by atoms with Crippen molar-refractivity contribution < 1.29 is 31.8 Å². The van der Waals surface area contributed by atoms with Gasteiger partial charge in [-0.1, -0.05) is 0 Å². The molecule has 0 saturated carbocycles. The van der Waals surface area contributed by atoms with E-state index < -0.39 is 41.9 Å². The fourth-order valence-corrected chi connectivity index (χ4v) is 3.60. The maximum Gasteiger partial charge on any atom is 0.400 e. The van der Waals surface area contributed by atoms with E-state index >= 15 is 0 Å². The number of nitrogens with one attached hydrogen (secondary N) is 1. The van der Waals surface area contributed by atoms with Crippen molar-refractivity contribution >= 4 is 17.4 Å². The smallest absolute Gasteiger partial charge is 0.386 e. The summed E-state index contributed by atoms with van der Waals surface area (Å²) in [5.41, 5.74) is 4.64. The molecule has 3 rings (SSSR count). The van der Waals surface area contributed by atoms with E-state index in [0.29, 0.717) is 19.4 Å². The van der Waals surface area contributed by atoms with Gasteiger partial charge in [0.1, 0.15) is 29.7 Å². The van der Waals surface area contributed by atoms with Crippen molar-refractivity contribution in [3.8, 4) is 0 Å². The second-order valence-corrected chi connectivity index (χ2v) is 7.52. The van der Waals surface area contributed by atoms with Crippen LogP contribution in [0.5, 0.6) is 0 Å². The van der Waals surface area contributed by atoms with Gasteiger partial charge >= 0.3 is 6.18 Å². The number of aliphatic imine (C=N–C) groups is 1. The number of carbonyl (C=O) groups is 1. The molecule has 1 fully saturated rings. The van der Waals surface area contributed by atoms with Crippen molar-refractivity contribution in [2.24, 2.45) is 16.6 Å². The molecule has 0 spiro atoms. The Bertz CT molecular complexity index is 793. The molecule has 2 aliphatic rings. The first-order valence-corrected chi connectivity index (χ1v) is 9.29. The summed E-state index contributed by atoms with van der Waals surface area (Å²) < 4.78 is 65.3. The fourth-order valence-electron chi connectivity index (χ4n) is 3.60. The van der Waals surface area contributed by atoms with E-state index in [1.165, 1.54) is 12.1 Å². The van der Waals surface area contributed by atoms with Crippen molar-refractivity contribution in [1.82, 2.24) is 0 Å². The topological polar surface area (TPSA) is 85.9 Å². The Morgan fingerprint density at radius 1 is 1.45 bits per heavy atom. The minimum atomic E-state index is -4.72. The summed E-state index contributed by atoms with van der Waals surface area (Å²) >= 11 is 0. The van der Waals surface area contributed by atoms with E-state index in [-0.39, 0.29) is 30.3 Å². The third-order valence-electron chi connectivity index (χ3n) is 5.07. The lowest BCUT2D eigenvalue weighted by Crippen LogP contribution is -2.38. The number of benzene rings is 1. The van der Waals surface area contributed by atoms with Gasteiger partial charge in [0.15, 0.2) is 0 Å². The van der Waals surface area contributed by atoms with Gasteiger partial charge in [-0.2, -0.15) is 13.2 Å². The Hall–Kier alpha value is -2.20. The zero-order chi connectivity index (χ0) is 21.2. The van der Waals surface area contributed by atoms with Gasteiger partial charge in [0, 0.05) is 17.9 Å². The molecule has 29 heavy (non-hydrogen) atoms. The molecule has 0 aromatic heterocycles. The number of nitrogens with zero attached hydrogens (tertiary/aromatic N) is 1. The van der Waals surface area contributed by atoms with E-state index in [9.17, 15) is 22.4 Å². The second-order valence-electron chi connectivity index (χ2n) is 7.52. The highest BCUT2D eigenvalue weighted by molar-refractivity contribution is 5.93. The summed E-state index contributed by atoms with van der Waals surface area (Å²) in [6.07, 6.45) is -4.62. The van der Waals surface area contributed by atoms with Crippen LogP contribution >= 0.6 is 0 Å². The Morgan fingerprint density at radius 2 is 2.21 bits per heavy atom.